The highest BCUT2D eigenvalue weighted by Gasteiger charge is 2.13. The van der Waals surface area contributed by atoms with Crippen LogP contribution in [0.5, 0.6) is 11.5 Å². The van der Waals surface area contributed by atoms with Crippen molar-refractivity contribution in [2.24, 2.45) is 0 Å². The average Bonchev–Trinajstić information content (AvgIpc) is 3.12. The fraction of sp³-hybridized carbons (Fsp3) is 0.235. The quantitative estimate of drug-likeness (QED) is 0.587. The lowest BCUT2D eigenvalue weighted by molar-refractivity contribution is -0.144. The number of carbonyl (C=O) groups is 3. The molecule has 0 bridgehead atoms. The molecule has 0 fully saturated rings. The van der Waals surface area contributed by atoms with Crippen molar-refractivity contribution in [3.05, 3.63) is 47.8 Å². The lowest BCUT2D eigenvalue weighted by Crippen LogP contribution is -2.19. The van der Waals surface area contributed by atoms with E-state index in [4.69, 9.17) is 14.2 Å². The molecule has 0 aliphatic rings. The average molecular weight is 331 g/mol. The van der Waals surface area contributed by atoms with E-state index in [1.807, 2.05) is 0 Å². The van der Waals surface area contributed by atoms with E-state index in [1.165, 1.54) is 26.2 Å². The van der Waals surface area contributed by atoms with E-state index in [0.29, 0.717) is 22.8 Å². The van der Waals surface area contributed by atoms with Crippen LogP contribution in [0.2, 0.25) is 0 Å². The van der Waals surface area contributed by atoms with Gasteiger partial charge in [0.1, 0.15) is 0 Å². The summed E-state index contributed by atoms with van der Waals surface area (Å²) < 4.78 is 15.3. The molecule has 0 atom stereocenters. The van der Waals surface area contributed by atoms with Gasteiger partial charge in [-0.3, -0.25) is 9.59 Å². The molecular weight excluding hydrogens is 314 g/mol. The highest BCUT2D eigenvalue weighted by Crippen LogP contribution is 2.28. The number of ether oxygens (including phenoxy) is 3. The SMILES string of the molecule is COc1cc(C(C)=O)ccc1OCC(=O)OCC(=O)c1ccc[nH]1. The lowest BCUT2D eigenvalue weighted by Gasteiger charge is -2.11. The van der Waals surface area contributed by atoms with E-state index in [2.05, 4.69) is 4.98 Å². The fourth-order valence-corrected chi connectivity index (χ4v) is 1.91. The van der Waals surface area contributed by atoms with Crippen LogP contribution in [0.15, 0.2) is 36.5 Å². The topological polar surface area (TPSA) is 94.7 Å². The molecule has 2 aromatic rings. The Labute approximate surface area is 138 Å². The van der Waals surface area contributed by atoms with Gasteiger partial charge in [-0.05, 0) is 37.3 Å². The molecule has 1 heterocycles. The summed E-state index contributed by atoms with van der Waals surface area (Å²) in [5.41, 5.74) is 0.837. The van der Waals surface area contributed by atoms with Crippen molar-refractivity contribution >= 4 is 17.5 Å². The Hall–Kier alpha value is -3.09. The maximum atomic E-state index is 11.7. The number of methoxy groups -OCH3 is 1. The molecule has 7 heteroatoms. The number of rotatable bonds is 8. The van der Waals surface area contributed by atoms with Gasteiger partial charge in [0.25, 0.3) is 0 Å². The van der Waals surface area contributed by atoms with Crippen LogP contribution in [0.4, 0.5) is 0 Å². The molecule has 2 rings (SSSR count). The molecule has 0 saturated carbocycles. The third-order valence-corrected chi connectivity index (χ3v) is 3.18. The normalized spacial score (nSPS) is 10.1. The Morgan fingerprint density at radius 3 is 2.50 bits per heavy atom. The molecule has 0 spiro atoms. The zero-order valence-corrected chi connectivity index (χ0v) is 13.3. The maximum absolute atomic E-state index is 11.7. The predicted octanol–water partition coefficient (Wildman–Crippen LogP) is 2.03. The molecule has 126 valence electrons. The molecule has 1 aromatic heterocycles. The van der Waals surface area contributed by atoms with Gasteiger partial charge in [0.05, 0.1) is 12.8 Å². The summed E-state index contributed by atoms with van der Waals surface area (Å²) in [6.45, 7) is 0.685. The van der Waals surface area contributed by atoms with Crippen molar-refractivity contribution in [3.8, 4) is 11.5 Å². The Morgan fingerprint density at radius 1 is 1.08 bits per heavy atom. The zero-order valence-electron chi connectivity index (χ0n) is 13.3. The smallest absolute Gasteiger partial charge is 0.344 e. The van der Waals surface area contributed by atoms with Crippen LogP contribution >= 0.6 is 0 Å². The Morgan fingerprint density at radius 2 is 1.88 bits per heavy atom. The molecule has 7 nitrogen and oxygen atoms in total. The second-order valence-electron chi connectivity index (χ2n) is 4.88. The minimum Gasteiger partial charge on any atom is -0.493 e. The van der Waals surface area contributed by atoms with E-state index in [1.54, 1.807) is 24.4 Å². The van der Waals surface area contributed by atoms with Crippen molar-refractivity contribution in [3.63, 3.8) is 0 Å². The molecule has 1 N–H and O–H groups in total. The van der Waals surface area contributed by atoms with Gasteiger partial charge in [0.2, 0.25) is 5.78 Å². The molecule has 1 aromatic carbocycles. The van der Waals surface area contributed by atoms with Crippen LogP contribution < -0.4 is 9.47 Å². The van der Waals surface area contributed by atoms with Crippen LogP contribution in [0.25, 0.3) is 0 Å². The third-order valence-electron chi connectivity index (χ3n) is 3.18. The second kappa shape index (κ2) is 7.96. The summed E-state index contributed by atoms with van der Waals surface area (Å²) in [6, 6.07) is 7.90. The molecule has 0 aliphatic heterocycles. The van der Waals surface area contributed by atoms with Crippen molar-refractivity contribution in [2.75, 3.05) is 20.3 Å². The Bertz CT molecular complexity index is 736. The van der Waals surface area contributed by atoms with Gasteiger partial charge in [-0.25, -0.2) is 4.79 Å². The maximum Gasteiger partial charge on any atom is 0.344 e. The number of hydrogen-bond acceptors (Lipinski definition) is 6. The number of H-pyrrole nitrogens is 1. The van der Waals surface area contributed by atoms with E-state index in [-0.39, 0.29) is 24.8 Å². The number of benzene rings is 1. The molecule has 0 radical (unpaired) electrons. The molecule has 0 saturated heterocycles. The van der Waals surface area contributed by atoms with E-state index < -0.39 is 5.97 Å². The largest absolute Gasteiger partial charge is 0.493 e. The first kappa shape index (κ1) is 17.3. The van der Waals surface area contributed by atoms with Gasteiger partial charge in [0.15, 0.2) is 30.5 Å². The van der Waals surface area contributed by atoms with Gasteiger partial charge in [-0.15, -0.1) is 0 Å². The van der Waals surface area contributed by atoms with Crippen LogP contribution in [-0.2, 0) is 9.53 Å². The summed E-state index contributed by atoms with van der Waals surface area (Å²) >= 11 is 0. The van der Waals surface area contributed by atoms with Crippen LogP contribution in [0.3, 0.4) is 0 Å². The number of hydrogen-bond donors (Lipinski definition) is 1. The number of aromatic nitrogens is 1. The molecule has 0 unspecified atom stereocenters. The lowest BCUT2D eigenvalue weighted by atomic mass is 10.1. The number of esters is 1. The highest BCUT2D eigenvalue weighted by atomic mass is 16.6. The zero-order chi connectivity index (χ0) is 17.5. The fourth-order valence-electron chi connectivity index (χ4n) is 1.91. The summed E-state index contributed by atoms with van der Waals surface area (Å²) in [6.07, 6.45) is 1.61. The Kier molecular flexibility index (Phi) is 5.73. The highest BCUT2D eigenvalue weighted by molar-refractivity contribution is 5.96. The predicted molar refractivity (Wildman–Crippen MR) is 84.6 cm³/mol. The van der Waals surface area contributed by atoms with Gasteiger partial charge >= 0.3 is 5.97 Å². The number of carbonyl (C=O) groups excluding carboxylic acids is 3. The monoisotopic (exact) mass is 331 g/mol. The van der Waals surface area contributed by atoms with E-state index >= 15 is 0 Å². The van der Waals surface area contributed by atoms with E-state index in [0.717, 1.165) is 0 Å². The first-order valence-electron chi connectivity index (χ1n) is 7.15. The van der Waals surface area contributed by atoms with Crippen molar-refractivity contribution in [1.29, 1.82) is 0 Å². The third kappa shape index (κ3) is 4.45. The van der Waals surface area contributed by atoms with Crippen molar-refractivity contribution in [1.82, 2.24) is 4.98 Å². The number of Topliss-reactive ketones (excluding diaryl/α,β-unsaturated/α-hetero) is 2. The van der Waals surface area contributed by atoms with Crippen LogP contribution in [-0.4, -0.2) is 42.8 Å². The molecular formula is C17H17NO6. The first-order valence-corrected chi connectivity index (χ1v) is 7.15. The molecule has 0 amide bonds. The van der Waals surface area contributed by atoms with E-state index in [9.17, 15) is 14.4 Å². The summed E-state index contributed by atoms with van der Waals surface area (Å²) in [5.74, 6) is -0.500. The number of aromatic amines is 1. The summed E-state index contributed by atoms with van der Waals surface area (Å²) in [4.78, 5) is 37.4. The summed E-state index contributed by atoms with van der Waals surface area (Å²) in [5, 5.41) is 0. The minimum atomic E-state index is -0.687. The van der Waals surface area contributed by atoms with Crippen LogP contribution in [0, 0.1) is 0 Å². The number of nitrogens with one attached hydrogen (secondary N) is 1. The van der Waals surface area contributed by atoms with Gasteiger partial charge in [0, 0.05) is 11.8 Å². The van der Waals surface area contributed by atoms with Crippen LogP contribution in [0.1, 0.15) is 27.8 Å². The van der Waals surface area contributed by atoms with Crippen molar-refractivity contribution in [2.45, 2.75) is 6.92 Å². The minimum absolute atomic E-state index is 0.109. The molecule has 0 aliphatic carbocycles. The first-order chi connectivity index (χ1) is 11.5. The van der Waals surface area contributed by atoms with Gasteiger partial charge < -0.3 is 19.2 Å². The van der Waals surface area contributed by atoms with Crippen molar-refractivity contribution < 1.29 is 28.6 Å². The summed E-state index contributed by atoms with van der Waals surface area (Å²) in [7, 11) is 1.43. The van der Waals surface area contributed by atoms with Gasteiger partial charge in [-0.2, -0.15) is 0 Å². The standard InChI is InChI=1S/C17H17NO6/c1-11(19)12-5-6-15(16(8-12)22-2)23-10-17(21)24-9-14(20)13-4-3-7-18-13/h3-8,18H,9-10H2,1-2H3. The van der Waals surface area contributed by atoms with Gasteiger partial charge in [-0.1, -0.05) is 0 Å². The number of ketones is 2. The second-order valence-corrected chi connectivity index (χ2v) is 4.88. The Balaban J connectivity index is 1.87. The molecule has 24 heavy (non-hydrogen) atoms.